The third kappa shape index (κ3) is 3.02. The van der Waals surface area contributed by atoms with Gasteiger partial charge < -0.3 is 10.5 Å². The van der Waals surface area contributed by atoms with Gasteiger partial charge in [-0.2, -0.15) is 0 Å². The van der Waals surface area contributed by atoms with Crippen molar-refractivity contribution in [3.8, 4) is 0 Å². The van der Waals surface area contributed by atoms with Crippen LogP contribution in [0.5, 0.6) is 0 Å². The Hall–Kier alpha value is -1.43. The van der Waals surface area contributed by atoms with E-state index >= 15 is 0 Å². The fourth-order valence-corrected chi connectivity index (χ4v) is 1.17. The predicted octanol–water partition coefficient (Wildman–Crippen LogP) is 0.781. The van der Waals surface area contributed by atoms with Gasteiger partial charge in [-0.05, 0) is 13.3 Å². The molecule has 1 heterocycles. The summed E-state index contributed by atoms with van der Waals surface area (Å²) in [7, 11) is 0. The van der Waals surface area contributed by atoms with Crippen molar-refractivity contribution in [3.63, 3.8) is 0 Å². The minimum atomic E-state index is -0.524. The number of esters is 1. The van der Waals surface area contributed by atoms with Crippen LogP contribution in [0.2, 0.25) is 0 Å². The number of nitrogens with zero attached hydrogens (tertiary/aromatic N) is 2. The molecule has 3 N–H and O–H groups in total. The standard InChI is InChI=1S/C9H16N4O2/c1-3-5-6(10)7-11-8(13-12-7)9(14)15-4-2/h6H,3-5,10H2,1-2H3,(H,11,12,13)/t6-/m0/s1. The second-order valence-corrected chi connectivity index (χ2v) is 3.16. The number of rotatable bonds is 5. The fraction of sp³-hybridized carbons (Fsp3) is 0.667. The average molecular weight is 212 g/mol. The summed E-state index contributed by atoms with van der Waals surface area (Å²) < 4.78 is 4.76. The van der Waals surface area contributed by atoms with Crippen molar-refractivity contribution < 1.29 is 9.53 Å². The molecule has 0 unspecified atom stereocenters. The number of H-pyrrole nitrogens is 1. The Morgan fingerprint density at radius 2 is 2.33 bits per heavy atom. The quantitative estimate of drug-likeness (QED) is 0.703. The molecule has 15 heavy (non-hydrogen) atoms. The highest BCUT2D eigenvalue weighted by Gasteiger charge is 2.16. The van der Waals surface area contributed by atoms with Crippen molar-refractivity contribution in [3.05, 3.63) is 11.6 Å². The van der Waals surface area contributed by atoms with Gasteiger partial charge in [0.05, 0.1) is 12.6 Å². The molecule has 0 aliphatic carbocycles. The zero-order valence-corrected chi connectivity index (χ0v) is 8.99. The lowest BCUT2D eigenvalue weighted by molar-refractivity contribution is 0.0512. The van der Waals surface area contributed by atoms with Gasteiger partial charge in [0, 0.05) is 0 Å². The third-order valence-electron chi connectivity index (χ3n) is 1.91. The summed E-state index contributed by atoms with van der Waals surface area (Å²) >= 11 is 0. The molecule has 0 saturated heterocycles. The summed E-state index contributed by atoms with van der Waals surface area (Å²) in [4.78, 5) is 15.2. The molecule has 1 aromatic heterocycles. The van der Waals surface area contributed by atoms with Gasteiger partial charge in [-0.15, -0.1) is 5.10 Å². The Labute approximate surface area is 88.2 Å². The van der Waals surface area contributed by atoms with Crippen LogP contribution in [0.4, 0.5) is 0 Å². The monoisotopic (exact) mass is 212 g/mol. The van der Waals surface area contributed by atoms with Crippen molar-refractivity contribution in [2.24, 2.45) is 5.73 Å². The highest BCUT2D eigenvalue weighted by atomic mass is 16.5. The zero-order chi connectivity index (χ0) is 11.3. The first-order valence-corrected chi connectivity index (χ1v) is 5.04. The summed E-state index contributed by atoms with van der Waals surface area (Å²) in [6, 6.07) is -0.203. The van der Waals surface area contributed by atoms with E-state index in [2.05, 4.69) is 15.2 Å². The van der Waals surface area contributed by atoms with E-state index in [1.165, 1.54) is 0 Å². The lowest BCUT2D eigenvalue weighted by atomic mass is 10.2. The Kier molecular flexibility index (Phi) is 4.23. The van der Waals surface area contributed by atoms with E-state index in [4.69, 9.17) is 10.5 Å². The number of nitrogens with one attached hydrogen (secondary N) is 1. The highest BCUT2D eigenvalue weighted by molar-refractivity contribution is 5.84. The first-order chi connectivity index (χ1) is 7.19. The van der Waals surface area contributed by atoms with Crippen LogP contribution in [0.25, 0.3) is 0 Å². The number of aromatic amines is 1. The van der Waals surface area contributed by atoms with Crippen LogP contribution in [-0.4, -0.2) is 27.8 Å². The van der Waals surface area contributed by atoms with Gasteiger partial charge in [0.25, 0.3) is 5.82 Å². The zero-order valence-electron chi connectivity index (χ0n) is 8.99. The van der Waals surface area contributed by atoms with E-state index in [-0.39, 0.29) is 11.9 Å². The van der Waals surface area contributed by atoms with E-state index in [0.717, 1.165) is 12.8 Å². The number of ether oxygens (including phenoxy) is 1. The van der Waals surface area contributed by atoms with E-state index in [1.54, 1.807) is 6.92 Å². The van der Waals surface area contributed by atoms with Crippen LogP contribution in [0, 0.1) is 0 Å². The van der Waals surface area contributed by atoms with Gasteiger partial charge in [-0.25, -0.2) is 9.78 Å². The third-order valence-corrected chi connectivity index (χ3v) is 1.91. The van der Waals surface area contributed by atoms with Gasteiger partial charge >= 0.3 is 5.97 Å². The van der Waals surface area contributed by atoms with Crippen molar-refractivity contribution in [1.82, 2.24) is 15.2 Å². The van der Waals surface area contributed by atoms with Crippen molar-refractivity contribution in [2.45, 2.75) is 32.7 Å². The first kappa shape index (κ1) is 11.6. The van der Waals surface area contributed by atoms with Gasteiger partial charge in [-0.1, -0.05) is 13.3 Å². The molecule has 0 spiro atoms. The summed E-state index contributed by atoms with van der Waals surface area (Å²) in [5.74, 6) is 0.0435. The highest BCUT2D eigenvalue weighted by Crippen LogP contribution is 2.10. The summed E-state index contributed by atoms with van der Waals surface area (Å²) in [6.07, 6.45) is 1.76. The van der Waals surface area contributed by atoms with E-state index in [1.807, 2.05) is 6.92 Å². The molecule has 6 nitrogen and oxygen atoms in total. The van der Waals surface area contributed by atoms with E-state index in [9.17, 15) is 4.79 Å². The number of hydrogen-bond donors (Lipinski definition) is 2. The molecule has 0 aromatic carbocycles. The minimum absolute atomic E-state index is 0.0402. The molecule has 0 aliphatic heterocycles. The maximum atomic E-state index is 11.2. The van der Waals surface area contributed by atoms with Gasteiger partial charge in [0.1, 0.15) is 5.82 Å². The molecule has 6 heteroatoms. The number of nitrogens with two attached hydrogens (primary N) is 1. The summed E-state index contributed by atoms with van der Waals surface area (Å²) in [5, 5.41) is 6.39. The molecule has 0 saturated carbocycles. The Morgan fingerprint density at radius 3 is 2.93 bits per heavy atom. The molecule has 1 aromatic rings. The molecule has 0 bridgehead atoms. The number of carbonyl (C=O) groups excluding carboxylic acids is 1. The van der Waals surface area contributed by atoms with Crippen LogP contribution in [-0.2, 0) is 4.74 Å². The summed E-state index contributed by atoms with van der Waals surface area (Å²) in [6.45, 7) is 4.07. The smallest absolute Gasteiger partial charge is 0.378 e. The van der Waals surface area contributed by atoms with Gasteiger partial charge in [0.2, 0.25) is 0 Å². The van der Waals surface area contributed by atoms with Crippen molar-refractivity contribution >= 4 is 5.97 Å². The number of carbonyl (C=O) groups is 1. The number of aromatic nitrogens is 3. The van der Waals surface area contributed by atoms with E-state index in [0.29, 0.717) is 12.4 Å². The van der Waals surface area contributed by atoms with Crippen molar-refractivity contribution in [1.29, 1.82) is 0 Å². The normalized spacial score (nSPS) is 12.5. The van der Waals surface area contributed by atoms with Gasteiger partial charge in [-0.3, -0.25) is 5.10 Å². The second kappa shape index (κ2) is 5.45. The minimum Gasteiger partial charge on any atom is -0.460 e. The molecule has 0 radical (unpaired) electrons. The van der Waals surface area contributed by atoms with Crippen LogP contribution < -0.4 is 5.73 Å². The molecule has 0 aliphatic rings. The van der Waals surface area contributed by atoms with E-state index < -0.39 is 5.97 Å². The van der Waals surface area contributed by atoms with Crippen LogP contribution >= 0.6 is 0 Å². The SMILES string of the molecule is CCC[C@H](N)c1nc(C(=O)OCC)n[nH]1. The molecular weight excluding hydrogens is 196 g/mol. The topological polar surface area (TPSA) is 93.9 Å². The Bertz CT molecular complexity index is 324. The fourth-order valence-electron chi connectivity index (χ4n) is 1.17. The lowest BCUT2D eigenvalue weighted by Crippen LogP contribution is -2.12. The molecule has 1 rings (SSSR count). The van der Waals surface area contributed by atoms with Crippen LogP contribution in [0.15, 0.2) is 0 Å². The molecule has 0 fully saturated rings. The predicted molar refractivity (Wildman–Crippen MR) is 54.2 cm³/mol. The van der Waals surface area contributed by atoms with Crippen LogP contribution in [0.1, 0.15) is 49.2 Å². The molecular formula is C9H16N4O2. The summed E-state index contributed by atoms with van der Waals surface area (Å²) in [5.41, 5.74) is 5.81. The first-order valence-electron chi connectivity index (χ1n) is 5.04. The Balaban J connectivity index is 2.67. The number of hydrogen-bond acceptors (Lipinski definition) is 5. The second-order valence-electron chi connectivity index (χ2n) is 3.16. The van der Waals surface area contributed by atoms with Crippen molar-refractivity contribution in [2.75, 3.05) is 6.61 Å². The maximum Gasteiger partial charge on any atom is 0.378 e. The van der Waals surface area contributed by atoms with Gasteiger partial charge in [0.15, 0.2) is 0 Å². The molecule has 0 amide bonds. The maximum absolute atomic E-state index is 11.2. The molecule has 1 atom stereocenters. The largest absolute Gasteiger partial charge is 0.460 e. The lowest BCUT2D eigenvalue weighted by Gasteiger charge is -2.04. The average Bonchev–Trinajstić information content (AvgIpc) is 2.67. The van der Waals surface area contributed by atoms with Crippen LogP contribution in [0.3, 0.4) is 0 Å². The molecule has 84 valence electrons. The Morgan fingerprint density at radius 1 is 1.60 bits per heavy atom.